The van der Waals surface area contributed by atoms with Gasteiger partial charge >= 0.3 is 0 Å². The second-order valence-corrected chi connectivity index (χ2v) is 6.06. The van der Waals surface area contributed by atoms with Gasteiger partial charge in [-0.1, -0.05) is 18.2 Å². The number of aromatic nitrogens is 1. The first kappa shape index (κ1) is 15.0. The van der Waals surface area contributed by atoms with Crippen LogP contribution in [0.3, 0.4) is 0 Å². The van der Waals surface area contributed by atoms with Crippen LogP contribution in [-0.4, -0.2) is 24.0 Å². The Balaban J connectivity index is 0.000000133. The summed E-state index contributed by atoms with van der Waals surface area (Å²) in [5.74, 6) is 0.940. The van der Waals surface area contributed by atoms with E-state index in [0.29, 0.717) is 0 Å². The number of rotatable bonds is 2. The van der Waals surface area contributed by atoms with E-state index in [1.807, 2.05) is 42.7 Å². The van der Waals surface area contributed by atoms with Gasteiger partial charge < -0.3 is 0 Å². The molecule has 0 amide bonds. The average molecular weight is 293 g/mol. The summed E-state index contributed by atoms with van der Waals surface area (Å²) < 4.78 is 2.08. The molecule has 2 aromatic heterocycles. The maximum atomic E-state index is 3.80. The van der Waals surface area contributed by atoms with Crippen LogP contribution in [0.5, 0.6) is 0 Å². The second-order valence-electron chi connectivity index (χ2n) is 6.06. The summed E-state index contributed by atoms with van der Waals surface area (Å²) in [6.45, 7) is 6.13. The lowest BCUT2D eigenvalue weighted by atomic mass is 9.90. The molecule has 2 aliphatic rings. The zero-order valence-corrected chi connectivity index (χ0v) is 13.1. The molecule has 0 saturated carbocycles. The van der Waals surface area contributed by atoms with Crippen molar-refractivity contribution in [3.8, 4) is 0 Å². The SMILES string of the molecule is C=CCN1CCC2CCC=CC21.c1cc[n+]2ccccc2c1. The molecule has 2 nitrogen and oxygen atoms in total. The second kappa shape index (κ2) is 7.37. The Morgan fingerprint density at radius 3 is 2.59 bits per heavy atom. The Morgan fingerprint density at radius 2 is 1.91 bits per heavy atom. The van der Waals surface area contributed by atoms with E-state index in [4.69, 9.17) is 0 Å². The Kier molecular flexibility index (Phi) is 5.02. The minimum absolute atomic E-state index is 0.733. The highest BCUT2D eigenvalue weighted by Gasteiger charge is 2.32. The van der Waals surface area contributed by atoms with Crippen molar-refractivity contribution < 1.29 is 4.40 Å². The van der Waals surface area contributed by atoms with Crippen LogP contribution in [0.15, 0.2) is 73.6 Å². The van der Waals surface area contributed by atoms with E-state index in [1.54, 1.807) is 0 Å². The summed E-state index contributed by atoms with van der Waals surface area (Å²) in [6, 6.07) is 13.0. The summed E-state index contributed by atoms with van der Waals surface area (Å²) >= 11 is 0. The topological polar surface area (TPSA) is 7.34 Å². The lowest BCUT2D eigenvalue weighted by Gasteiger charge is -2.26. The first-order valence-corrected chi connectivity index (χ1v) is 8.25. The molecule has 0 spiro atoms. The summed E-state index contributed by atoms with van der Waals surface area (Å²) in [4.78, 5) is 2.54. The Bertz CT molecular complexity index is 581. The van der Waals surface area contributed by atoms with E-state index in [9.17, 15) is 0 Å². The van der Waals surface area contributed by atoms with Gasteiger partial charge in [-0.3, -0.25) is 4.90 Å². The van der Waals surface area contributed by atoms with Crippen LogP contribution in [0, 0.1) is 5.92 Å². The van der Waals surface area contributed by atoms with Crippen molar-refractivity contribution in [1.29, 1.82) is 0 Å². The van der Waals surface area contributed by atoms with Crippen molar-refractivity contribution in [2.24, 2.45) is 5.92 Å². The quantitative estimate of drug-likeness (QED) is 0.606. The minimum Gasteiger partial charge on any atom is -0.293 e. The molecule has 2 atom stereocenters. The Hall–Kier alpha value is -1.93. The van der Waals surface area contributed by atoms with E-state index in [0.717, 1.165) is 18.5 Å². The average Bonchev–Trinajstić information content (AvgIpc) is 2.99. The number of likely N-dealkylation sites (tertiary alicyclic amines) is 1. The van der Waals surface area contributed by atoms with Crippen molar-refractivity contribution >= 4 is 5.52 Å². The number of hydrogen-bond donors (Lipinski definition) is 0. The van der Waals surface area contributed by atoms with Crippen LogP contribution in [0.2, 0.25) is 0 Å². The van der Waals surface area contributed by atoms with E-state index in [2.05, 4.69) is 40.2 Å². The van der Waals surface area contributed by atoms with E-state index >= 15 is 0 Å². The fourth-order valence-electron chi connectivity index (χ4n) is 3.51. The molecular weight excluding hydrogens is 268 g/mol. The molecule has 0 radical (unpaired) electrons. The lowest BCUT2D eigenvalue weighted by molar-refractivity contribution is -0.511. The maximum absolute atomic E-state index is 3.80. The van der Waals surface area contributed by atoms with E-state index in [-0.39, 0.29) is 0 Å². The summed E-state index contributed by atoms with van der Waals surface area (Å²) in [5, 5.41) is 0. The predicted octanol–water partition coefficient (Wildman–Crippen LogP) is 3.64. The largest absolute Gasteiger partial charge is 0.293 e. The molecule has 1 fully saturated rings. The molecule has 2 heteroatoms. The number of fused-ring (bicyclic) bond motifs is 2. The molecule has 4 rings (SSSR count). The summed E-state index contributed by atoms with van der Waals surface area (Å²) in [5.41, 5.74) is 1.23. The van der Waals surface area contributed by atoms with Gasteiger partial charge in [-0.2, -0.15) is 4.40 Å². The van der Waals surface area contributed by atoms with Gasteiger partial charge in [0.05, 0.1) is 0 Å². The Morgan fingerprint density at radius 1 is 1.14 bits per heavy atom. The first-order valence-electron chi connectivity index (χ1n) is 8.25. The van der Waals surface area contributed by atoms with Crippen LogP contribution >= 0.6 is 0 Å². The highest BCUT2D eigenvalue weighted by Crippen LogP contribution is 2.32. The van der Waals surface area contributed by atoms with Crippen LogP contribution in [0.1, 0.15) is 19.3 Å². The molecule has 114 valence electrons. The monoisotopic (exact) mass is 293 g/mol. The van der Waals surface area contributed by atoms with Crippen LogP contribution in [0.25, 0.3) is 5.52 Å². The van der Waals surface area contributed by atoms with Gasteiger partial charge in [0.15, 0.2) is 12.4 Å². The molecule has 0 bridgehead atoms. The highest BCUT2D eigenvalue weighted by molar-refractivity contribution is 5.36. The molecule has 1 saturated heterocycles. The Labute approximate surface area is 133 Å². The van der Waals surface area contributed by atoms with Crippen molar-refractivity contribution in [3.63, 3.8) is 0 Å². The molecule has 3 heterocycles. The van der Waals surface area contributed by atoms with Gasteiger partial charge in [0.2, 0.25) is 5.52 Å². The fourth-order valence-corrected chi connectivity index (χ4v) is 3.51. The molecule has 2 aromatic rings. The van der Waals surface area contributed by atoms with Crippen LogP contribution in [0.4, 0.5) is 0 Å². The lowest BCUT2D eigenvalue weighted by Crippen LogP contribution is -2.32. The molecule has 2 unspecified atom stereocenters. The highest BCUT2D eigenvalue weighted by atomic mass is 15.2. The molecule has 0 aromatic carbocycles. The zero-order chi connectivity index (χ0) is 15.2. The number of allylic oxidation sites excluding steroid dienone is 1. The van der Waals surface area contributed by atoms with Gasteiger partial charge in [-0.05, 0) is 43.9 Å². The van der Waals surface area contributed by atoms with Gasteiger partial charge in [-0.15, -0.1) is 6.58 Å². The van der Waals surface area contributed by atoms with Gasteiger partial charge in [-0.25, -0.2) is 0 Å². The zero-order valence-electron chi connectivity index (χ0n) is 13.1. The molecule has 1 aliphatic carbocycles. The number of pyridine rings is 2. The third-order valence-corrected chi connectivity index (χ3v) is 4.64. The standard InChI is InChI=1S/C11H17N.C9H8N/c1-2-8-12-9-7-10-5-3-4-6-11(10)12;1-3-7-10-8-4-2-6-9(10)5-1/h2,4,6,10-11H,1,3,5,7-9H2;1-8H/q;+1. The van der Waals surface area contributed by atoms with Crippen LogP contribution in [-0.2, 0) is 0 Å². The third-order valence-electron chi connectivity index (χ3n) is 4.64. The van der Waals surface area contributed by atoms with E-state index < -0.39 is 0 Å². The van der Waals surface area contributed by atoms with Crippen LogP contribution < -0.4 is 4.40 Å². The van der Waals surface area contributed by atoms with E-state index in [1.165, 1.54) is 31.3 Å². The predicted molar refractivity (Wildman–Crippen MR) is 91.6 cm³/mol. The molecule has 1 aliphatic heterocycles. The summed E-state index contributed by atoms with van der Waals surface area (Å²) in [6.07, 6.45) is 14.9. The number of nitrogens with zero attached hydrogens (tertiary/aromatic N) is 2. The molecular formula is C20H25N2+. The van der Waals surface area contributed by atoms with Gasteiger partial charge in [0.25, 0.3) is 0 Å². The molecule has 0 N–H and O–H groups in total. The maximum Gasteiger partial charge on any atom is 0.210 e. The minimum atomic E-state index is 0.733. The van der Waals surface area contributed by atoms with Crippen molar-refractivity contribution in [3.05, 3.63) is 73.6 Å². The van der Waals surface area contributed by atoms with Gasteiger partial charge in [0.1, 0.15) is 0 Å². The van der Waals surface area contributed by atoms with Crippen molar-refractivity contribution in [2.45, 2.75) is 25.3 Å². The molecule has 22 heavy (non-hydrogen) atoms. The smallest absolute Gasteiger partial charge is 0.210 e. The summed E-state index contributed by atoms with van der Waals surface area (Å²) in [7, 11) is 0. The van der Waals surface area contributed by atoms with Gasteiger partial charge in [0, 0.05) is 36.9 Å². The first-order chi connectivity index (χ1) is 10.9. The van der Waals surface area contributed by atoms with Crippen molar-refractivity contribution in [2.75, 3.05) is 13.1 Å². The number of hydrogen-bond acceptors (Lipinski definition) is 1. The fraction of sp³-hybridized carbons (Fsp3) is 0.350. The third kappa shape index (κ3) is 3.45. The van der Waals surface area contributed by atoms with Crippen molar-refractivity contribution in [1.82, 2.24) is 4.90 Å². The normalized spacial score (nSPS) is 23.6.